The molecule has 2 unspecified atom stereocenters. The molecule has 1 fully saturated rings. The average Bonchev–Trinajstić information content (AvgIpc) is 2.54. The third-order valence-corrected chi connectivity index (χ3v) is 2.80. The van der Waals surface area contributed by atoms with Crippen molar-refractivity contribution in [3.05, 3.63) is 0 Å². The molecule has 1 N–H and O–H groups in total. The molecule has 4 nitrogen and oxygen atoms in total. The van der Waals surface area contributed by atoms with E-state index in [1.54, 1.807) is 0 Å². The van der Waals surface area contributed by atoms with Crippen molar-refractivity contribution in [2.45, 2.75) is 46.3 Å². The number of carbonyl (C=O) groups is 1. The topological polar surface area (TPSA) is 47.6 Å². The van der Waals surface area contributed by atoms with Gasteiger partial charge in [0, 0.05) is 12.5 Å². The van der Waals surface area contributed by atoms with E-state index in [9.17, 15) is 4.79 Å². The minimum atomic E-state index is -0.340. The molecule has 1 saturated heterocycles. The molecule has 1 rings (SSSR count). The van der Waals surface area contributed by atoms with Crippen LogP contribution < -0.4 is 5.32 Å². The molecule has 0 aliphatic carbocycles. The minimum absolute atomic E-state index is 0.0468. The second-order valence-corrected chi connectivity index (χ2v) is 5.12. The van der Waals surface area contributed by atoms with E-state index in [1.165, 1.54) is 0 Å². The first kappa shape index (κ1) is 12.3. The highest BCUT2D eigenvalue weighted by molar-refractivity contribution is 5.67. The molecule has 1 heterocycles. The Balaban J connectivity index is 2.29. The van der Waals surface area contributed by atoms with Crippen LogP contribution in [0.1, 0.15) is 34.1 Å². The van der Waals surface area contributed by atoms with Crippen molar-refractivity contribution in [1.29, 1.82) is 0 Å². The first-order valence-corrected chi connectivity index (χ1v) is 5.44. The zero-order chi connectivity index (χ0) is 11.5. The second-order valence-electron chi connectivity index (χ2n) is 5.12. The fourth-order valence-electron chi connectivity index (χ4n) is 1.18. The number of carbonyl (C=O) groups excluding carboxylic acids is 1. The summed E-state index contributed by atoms with van der Waals surface area (Å²) in [5.41, 5.74) is 0.0468. The fraction of sp³-hybridized carbons (Fsp3) is 0.909. The van der Waals surface area contributed by atoms with E-state index in [1.807, 2.05) is 6.92 Å². The summed E-state index contributed by atoms with van der Waals surface area (Å²) in [6.45, 7) is 9.43. The number of amides is 1. The Kier molecular flexibility index (Phi) is 3.97. The molecule has 1 aliphatic heterocycles. The Morgan fingerprint density at radius 1 is 1.53 bits per heavy atom. The highest BCUT2D eigenvalue weighted by Gasteiger charge is 2.25. The van der Waals surface area contributed by atoms with Gasteiger partial charge in [0.1, 0.15) is 6.10 Å². The Bertz CT molecular complexity index is 216. The van der Waals surface area contributed by atoms with Crippen LogP contribution in [0.2, 0.25) is 0 Å². The van der Waals surface area contributed by atoms with Crippen molar-refractivity contribution >= 4 is 6.09 Å². The van der Waals surface area contributed by atoms with E-state index in [2.05, 4.69) is 26.1 Å². The van der Waals surface area contributed by atoms with Gasteiger partial charge in [0.2, 0.25) is 0 Å². The maximum absolute atomic E-state index is 11.5. The molecule has 0 radical (unpaired) electrons. The lowest BCUT2D eigenvalue weighted by atomic mass is 9.88. The Hall–Kier alpha value is -0.770. The van der Waals surface area contributed by atoms with Gasteiger partial charge in [0.15, 0.2) is 0 Å². The normalized spacial score (nSPS) is 23.6. The van der Waals surface area contributed by atoms with E-state index < -0.39 is 0 Å². The van der Waals surface area contributed by atoms with Crippen molar-refractivity contribution in [2.75, 3.05) is 13.2 Å². The lowest BCUT2D eigenvalue weighted by Crippen LogP contribution is -2.42. The summed E-state index contributed by atoms with van der Waals surface area (Å²) in [6.07, 6.45) is 0.391. The van der Waals surface area contributed by atoms with Gasteiger partial charge in [-0.1, -0.05) is 20.8 Å². The number of ether oxygens (including phenoxy) is 2. The largest absolute Gasteiger partial charge is 0.444 e. The third kappa shape index (κ3) is 4.08. The van der Waals surface area contributed by atoms with E-state index in [0.29, 0.717) is 13.2 Å². The molecule has 1 aliphatic rings. The Labute approximate surface area is 91.3 Å². The molecular weight excluding hydrogens is 194 g/mol. The van der Waals surface area contributed by atoms with Crippen LogP contribution in [-0.2, 0) is 9.47 Å². The minimum Gasteiger partial charge on any atom is -0.444 e. The zero-order valence-corrected chi connectivity index (χ0v) is 10.0. The number of hydrogen-bond donors (Lipinski definition) is 1. The predicted molar refractivity (Wildman–Crippen MR) is 57.8 cm³/mol. The monoisotopic (exact) mass is 215 g/mol. The Morgan fingerprint density at radius 3 is 2.67 bits per heavy atom. The third-order valence-electron chi connectivity index (χ3n) is 2.80. The van der Waals surface area contributed by atoms with E-state index >= 15 is 0 Å². The van der Waals surface area contributed by atoms with Crippen LogP contribution >= 0.6 is 0 Å². The summed E-state index contributed by atoms with van der Waals surface area (Å²) in [7, 11) is 0. The molecule has 88 valence electrons. The SMILES string of the molecule is CC(NC(=O)OC1CCOC1)C(C)(C)C. The van der Waals surface area contributed by atoms with Crippen LogP contribution in [-0.4, -0.2) is 31.5 Å². The zero-order valence-electron chi connectivity index (χ0n) is 10.0. The van der Waals surface area contributed by atoms with Gasteiger partial charge in [-0.15, -0.1) is 0 Å². The molecule has 0 spiro atoms. The quantitative estimate of drug-likeness (QED) is 0.765. The van der Waals surface area contributed by atoms with Gasteiger partial charge < -0.3 is 14.8 Å². The highest BCUT2D eigenvalue weighted by atomic mass is 16.6. The van der Waals surface area contributed by atoms with Crippen LogP contribution in [0.5, 0.6) is 0 Å². The summed E-state index contributed by atoms with van der Waals surface area (Å²) < 4.78 is 10.3. The van der Waals surface area contributed by atoms with E-state index in [-0.39, 0.29) is 23.7 Å². The molecule has 15 heavy (non-hydrogen) atoms. The first-order valence-electron chi connectivity index (χ1n) is 5.44. The average molecular weight is 215 g/mol. The summed E-state index contributed by atoms with van der Waals surface area (Å²) in [6, 6.07) is 0.0901. The predicted octanol–water partition coefficient (Wildman–Crippen LogP) is 1.94. The van der Waals surface area contributed by atoms with Gasteiger partial charge in [0.25, 0.3) is 0 Å². The van der Waals surface area contributed by atoms with Crippen molar-refractivity contribution in [3.8, 4) is 0 Å². The van der Waals surface area contributed by atoms with Crippen molar-refractivity contribution in [1.82, 2.24) is 5.32 Å². The molecule has 4 heteroatoms. The number of rotatable bonds is 2. The molecule has 0 aromatic rings. The van der Waals surface area contributed by atoms with Gasteiger partial charge in [-0.2, -0.15) is 0 Å². The summed E-state index contributed by atoms with van der Waals surface area (Å²) in [5.74, 6) is 0. The number of hydrogen-bond acceptors (Lipinski definition) is 3. The maximum Gasteiger partial charge on any atom is 0.407 e. The van der Waals surface area contributed by atoms with Crippen molar-refractivity contribution in [3.63, 3.8) is 0 Å². The van der Waals surface area contributed by atoms with Gasteiger partial charge in [0.05, 0.1) is 13.2 Å². The second kappa shape index (κ2) is 4.84. The fourth-order valence-corrected chi connectivity index (χ4v) is 1.18. The van der Waals surface area contributed by atoms with E-state index in [0.717, 1.165) is 6.42 Å². The molecule has 0 saturated carbocycles. The van der Waals surface area contributed by atoms with Crippen LogP contribution in [0, 0.1) is 5.41 Å². The van der Waals surface area contributed by atoms with Gasteiger partial charge in [-0.05, 0) is 12.3 Å². The smallest absolute Gasteiger partial charge is 0.407 e. The highest BCUT2D eigenvalue weighted by Crippen LogP contribution is 2.18. The number of alkyl carbamates (subject to hydrolysis) is 1. The molecule has 1 amide bonds. The summed E-state index contributed by atoms with van der Waals surface area (Å²) >= 11 is 0. The van der Waals surface area contributed by atoms with Crippen LogP contribution in [0.15, 0.2) is 0 Å². The molecular formula is C11H21NO3. The standard InChI is InChI=1S/C11H21NO3/c1-8(11(2,3)4)12-10(13)15-9-5-6-14-7-9/h8-9H,5-7H2,1-4H3,(H,12,13). The van der Waals surface area contributed by atoms with E-state index in [4.69, 9.17) is 9.47 Å². The summed E-state index contributed by atoms with van der Waals surface area (Å²) in [4.78, 5) is 11.5. The lowest BCUT2D eigenvalue weighted by Gasteiger charge is -2.28. The van der Waals surface area contributed by atoms with Crippen molar-refractivity contribution < 1.29 is 14.3 Å². The molecule has 0 aromatic carbocycles. The van der Waals surface area contributed by atoms with Gasteiger partial charge in [-0.25, -0.2) is 4.79 Å². The van der Waals surface area contributed by atoms with Crippen LogP contribution in [0.3, 0.4) is 0 Å². The molecule has 0 aromatic heterocycles. The molecule has 2 atom stereocenters. The van der Waals surface area contributed by atoms with Gasteiger partial charge >= 0.3 is 6.09 Å². The first-order chi connectivity index (χ1) is 6.89. The van der Waals surface area contributed by atoms with Crippen LogP contribution in [0.25, 0.3) is 0 Å². The lowest BCUT2D eigenvalue weighted by molar-refractivity contribution is 0.0772. The Morgan fingerprint density at radius 2 is 2.20 bits per heavy atom. The number of nitrogens with one attached hydrogen (secondary N) is 1. The van der Waals surface area contributed by atoms with Crippen molar-refractivity contribution in [2.24, 2.45) is 5.41 Å². The maximum atomic E-state index is 11.5. The summed E-state index contributed by atoms with van der Waals surface area (Å²) in [5, 5.41) is 2.83. The molecule has 0 bridgehead atoms. The van der Waals surface area contributed by atoms with Gasteiger partial charge in [-0.3, -0.25) is 0 Å². The van der Waals surface area contributed by atoms with Crippen LogP contribution in [0.4, 0.5) is 4.79 Å².